The summed E-state index contributed by atoms with van der Waals surface area (Å²) in [6.45, 7) is 4.92. The Morgan fingerprint density at radius 1 is 1.38 bits per heavy atom. The van der Waals surface area contributed by atoms with Gasteiger partial charge in [0.2, 0.25) is 0 Å². The Bertz CT molecular complexity index is 313. The molecule has 0 radical (unpaired) electrons. The van der Waals surface area contributed by atoms with E-state index in [1.807, 2.05) is 24.5 Å². The molecule has 0 atom stereocenters. The smallest absolute Gasteiger partial charge is 0.0870 e. The van der Waals surface area contributed by atoms with Crippen LogP contribution >= 0.6 is 12.2 Å². The highest BCUT2D eigenvalue weighted by Gasteiger charge is 2.05. The van der Waals surface area contributed by atoms with Crippen LogP contribution in [0.3, 0.4) is 0 Å². The molecule has 0 aromatic carbocycles. The lowest BCUT2D eigenvalue weighted by atomic mass is 10.2. The van der Waals surface area contributed by atoms with Crippen molar-refractivity contribution >= 4 is 17.2 Å². The Hall–Kier alpha value is -1.00. The fourth-order valence-corrected chi connectivity index (χ4v) is 1.83. The van der Waals surface area contributed by atoms with Crippen molar-refractivity contribution in [2.24, 2.45) is 5.73 Å². The molecule has 1 aromatic rings. The fraction of sp³-hybridized carbons (Fsp3) is 0.500. The molecule has 1 rings (SSSR count). The third-order valence-corrected chi connectivity index (χ3v) is 2.51. The Balaban J connectivity index is 2.40. The van der Waals surface area contributed by atoms with Gasteiger partial charge in [0, 0.05) is 25.5 Å². The normalized spacial score (nSPS) is 10.6. The van der Waals surface area contributed by atoms with Crippen molar-refractivity contribution < 1.29 is 0 Å². The van der Waals surface area contributed by atoms with Gasteiger partial charge in [-0.2, -0.15) is 0 Å². The lowest BCUT2D eigenvalue weighted by Crippen LogP contribution is -2.34. The molecule has 0 saturated carbocycles. The molecule has 0 amide bonds. The van der Waals surface area contributed by atoms with Gasteiger partial charge >= 0.3 is 0 Å². The van der Waals surface area contributed by atoms with E-state index in [0.717, 1.165) is 25.9 Å². The zero-order valence-corrected chi connectivity index (χ0v) is 10.5. The van der Waals surface area contributed by atoms with Crippen LogP contribution < -0.4 is 5.73 Å². The predicted molar refractivity (Wildman–Crippen MR) is 71.5 cm³/mol. The van der Waals surface area contributed by atoms with Crippen LogP contribution in [0, 0.1) is 0 Å². The lowest BCUT2D eigenvalue weighted by Gasteiger charge is -2.20. The minimum atomic E-state index is 0.572. The number of nitrogens with two attached hydrogens (primary N) is 1. The summed E-state index contributed by atoms with van der Waals surface area (Å²) in [5.41, 5.74) is 6.88. The minimum absolute atomic E-state index is 0.572. The fourth-order valence-electron chi connectivity index (χ4n) is 1.64. The third kappa shape index (κ3) is 5.19. The molecule has 0 unspecified atom stereocenters. The molecular formula is C12H19N3S. The molecule has 0 aliphatic carbocycles. The SMILES string of the molecule is CCCN(CCc1ccncc1)CC(N)=S. The Morgan fingerprint density at radius 3 is 2.62 bits per heavy atom. The van der Waals surface area contributed by atoms with E-state index in [4.69, 9.17) is 18.0 Å². The monoisotopic (exact) mass is 237 g/mol. The van der Waals surface area contributed by atoms with Crippen molar-refractivity contribution in [2.45, 2.75) is 19.8 Å². The van der Waals surface area contributed by atoms with E-state index in [2.05, 4.69) is 16.8 Å². The first-order valence-electron chi connectivity index (χ1n) is 5.62. The number of pyridine rings is 1. The number of hydrogen-bond donors (Lipinski definition) is 1. The van der Waals surface area contributed by atoms with Gasteiger partial charge in [-0.15, -0.1) is 0 Å². The first-order chi connectivity index (χ1) is 7.72. The topological polar surface area (TPSA) is 42.2 Å². The molecule has 16 heavy (non-hydrogen) atoms. The van der Waals surface area contributed by atoms with Gasteiger partial charge in [0.05, 0.1) is 4.99 Å². The van der Waals surface area contributed by atoms with Crippen LogP contribution in [0.4, 0.5) is 0 Å². The summed E-state index contributed by atoms with van der Waals surface area (Å²) in [5, 5.41) is 0. The maximum Gasteiger partial charge on any atom is 0.0870 e. The Labute approximate surface area is 103 Å². The van der Waals surface area contributed by atoms with Crippen LogP contribution in [0.15, 0.2) is 24.5 Å². The Morgan fingerprint density at radius 2 is 2.06 bits per heavy atom. The van der Waals surface area contributed by atoms with Crippen LogP contribution in [0.1, 0.15) is 18.9 Å². The number of rotatable bonds is 7. The second-order valence-electron chi connectivity index (χ2n) is 3.85. The predicted octanol–water partition coefficient (Wildman–Crippen LogP) is 1.62. The first kappa shape index (κ1) is 13.1. The van der Waals surface area contributed by atoms with Crippen LogP contribution in [0.2, 0.25) is 0 Å². The maximum atomic E-state index is 5.57. The van der Waals surface area contributed by atoms with Gasteiger partial charge in [-0.3, -0.25) is 9.88 Å². The number of thiocarbonyl (C=S) groups is 1. The zero-order valence-electron chi connectivity index (χ0n) is 9.72. The van der Waals surface area contributed by atoms with E-state index in [1.54, 1.807) is 0 Å². The minimum Gasteiger partial charge on any atom is -0.392 e. The highest BCUT2D eigenvalue weighted by atomic mass is 32.1. The summed E-state index contributed by atoms with van der Waals surface area (Å²) in [7, 11) is 0. The molecule has 1 heterocycles. The van der Waals surface area contributed by atoms with E-state index < -0.39 is 0 Å². The van der Waals surface area contributed by atoms with Crippen molar-refractivity contribution in [1.82, 2.24) is 9.88 Å². The standard InChI is InChI=1S/C12H19N3S/c1-2-8-15(10-12(13)16)9-5-11-3-6-14-7-4-11/h3-4,6-7H,2,5,8-10H2,1H3,(H2,13,16). The number of nitrogens with zero attached hydrogens (tertiary/aromatic N) is 2. The van der Waals surface area contributed by atoms with Crippen molar-refractivity contribution in [3.63, 3.8) is 0 Å². The molecule has 0 bridgehead atoms. The molecule has 0 aliphatic rings. The van der Waals surface area contributed by atoms with Gasteiger partial charge in [0.1, 0.15) is 0 Å². The number of aromatic nitrogens is 1. The second-order valence-corrected chi connectivity index (χ2v) is 4.37. The average Bonchev–Trinajstić information content (AvgIpc) is 2.27. The van der Waals surface area contributed by atoms with Crippen molar-refractivity contribution in [2.75, 3.05) is 19.6 Å². The third-order valence-electron chi connectivity index (χ3n) is 2.39. The van der Waals surface area contributed by atoms with Crippen LogP contribution in [-0.2, 0) is 6.42 Å². The van der Waals surface area contributed by atoms with E-state index in [-0.39, 0.29) is 0 Å². The molecule has 0 saturated heterocycles. The molecule has 88 valence electrons. The largest absolute Gasteiger partial charge is 0.392 e. The molecule has 4 heteroatoms. The van der Waals surface area contributed by atoms with Gasteiger partial charge < -0.3 is 5.73 Å². The first-order valence-corrected chi connectivity index (χ1v) is 6.02. The van der Waals surface area contributed by atoms with Gasteiger partial charge in [-0.05, 0) is 37.1 Å². The van der Waals surface area contributed by atoms with Gasteiger partial charge in [0.25, 0.3) is 0 Å². The van der Waals surface area contributed by atoms with Crippen molar-refractivity contribution in [3.8, 4) is 0 Å². The van der Waals surface area contributed by atoms with Gasteiger partial charge in [0.15, 0.2) is 0 Å². The maximum absolute atomic E-state index is 5.57. The van der Waals surface area contributed by atoms with Crippen LogP contribution in [0.5, 0.6) is 0 Å². The summed E-state index contributed by atoms with van der Waals surface area (Å²) in [4.78, 5) is 6.87. The summed E-state index contributed by atoms with van der Waals surface area (Å²) in [6, 6.07) is 4.09. The summed E-state index contributed by atoms with van der Waals surface area (Å²) >= 11 is 4.94. The highest BCUT2D eigenvalue weighted by Crippen LogP contribution is 2.00. The van der Waals surface area contributed by atoms with E-state index in [1.165, 1.54) is 5.56 Å². The van der Waals surface area contributed by atoms with Gasteiger partial charge in [-0.25, -0.2) is 0 Å². The zero-order chi connectivity index (χ0) is 11.8. The van der Waals surface area contributed by atoms with E-state index in [9.17, 15) is 0 Å². The Kier molecular flexibility index (Phi) is 5.96. The summed E-state index contributed by atoms with van der Waals surface area (Å²) in [6.07, 6.45) is 5.80. The number of hydrogen-bond acceptors (Lipinski definition) is 3. The van der Waals surface area contributed by atoms with Crippen LogP contribution in [0.25, 0.3) is 0 Å². The highest BCUT2D eigenvalue weighted by molar-refractivity contribution is 7.80. The molecule has 2 N–H and O–H groups in total. The van der Waals surface area contributed by atoms with Crippen molar-refractivity contribution in [3.05, 3.63) is 30.1 Å². The summed E-state index contributed by atoms with van der Waals surface area (Å²) < 4.78 is 0. The van der Waals surface area contributed by atoms with Crippen molar-refractivity contribution in [1.29, 1.82) is 0 Å². The average molecular weight is 237 g/mol. The lowest BCUT2D eigenvalue weighted by molar-refractivity contribution is 0.316. The van der Waals surface area contributed by atoms with Crippen LogP contribution in [-0.4, -0.2) is 34.5 Å². The quantitative estimate of drug-likeness (QED) is 0.732. The van der Waals surface area contributed by atoms with Gasteiger partial charge in [-0.1, -0.05) is 19.1 Å². The van der Waals surface area contributed by atoms with E-state index >= 15 is 0 Å². The molecule has 0 fully saturated rings. The summed E-state index contributed by atoms with van der Waals surface area (Å²) in [5.74, 6) is 0. The molecule has 1 aromatic heterocycles. The van der Waals surface area contributed by atoms with E-state index in [0.29, 0.717) is 11.5 Å². The molecular weight excluding hydrogens is 218 g/mol. The molecule has 0 spiro atoms. The molecule has 0 aliphatic heterocycles. The molecule has 3 nitrogen and oxygen atoms in total. The second kappa shape index (κ2) is 7.30.